The van der Waals surface area contributed by atoms with Gasteiger partial charge in [-0.3, -0.25) is 4.79 Å². The molecule has 0 bridgehead atoms. The van der Waals surface area contributed by atoms with Gasteiger partial charge in [-0.1, -0.05) is 6.92 Å². The summed E-state index contributed by atoms with van der Waals surface area (Å²) in [4.78, 5) is 10.2. The summed E-state index contributed by atoms with van der Waals surface area (Å²) in [6.45, 7) is 1.27. The van der Waals surface area contributed by atoms with Crippen LogP contribution < -0.4 is 0 Å². The molecule has 0 spiro atoms. The molecule has 0 aromatic heterocycles. The van der Waals surface area contributed by atoms with Crippen molar-refractivity contribution in [3.05, 3.63) is 0 Å². The summed E-state index contributed by atoms with van der Waals surface area (Å²) in [6, 6.07) is 0. The van der Waals surface area contributed by atoms with Gasteiger partial charge in [0, 0.05) is 5.75 Å². The minimum Gasteiger partial charge on any atom is -0.481 e. The van der Waals surface area contributed by atoms with Gasteiger partial charge in [-0.15, -0.1) is 0 Å². The number of aliphatic carboxylic acids is 1. The molecule has 1 unspecified atom stereocenters. The highest BCUT2D eigenvalue weighted by atomic mass is 33.1. The molecule has 15 heavy (non-hydrogen) atoms. The molecule has 1 atom stereocenters. The highest BCUT2D eigenvalue weighted by Crippen LogP contribution is 2.31. The van der Waals surface area contributed by atoms with Gasteiger partial charge in [-0.05, 0) is 10.8 Å². The van der Waals surface area contributed by atoms with Gasteiger partial charge in [0.15, 0.2) is 5.92 Å². The van der Waals surface area contributed by atoms with Crippen LogP contribution in [0.3, 0.4) is 0 Å². The topological polar surface area (TPSA) is 71.4 Å². The Kier molecular flexibility index (Phi) is 4.91. The molecule has 0 aliphatic carbocycles. The Morgan fingerprint density at radius 3 is 2.20 bits per heavy atom. The summed E-state index contributed by atoms with van der Waals surface area (Å²) >= 11 is 0. The van der Waals surface area contributed by atoms with Gasteiger partial charge < -0.3 is 5.11 Å². The maximum absolute atomic E-state index is 12.1. The molecule has 0 fully saturated rings. The lowest BCUT2D eigenvalue weighted by Gasteiger charge is -2.14. The second-order valence-electron chi connectivity index (χ2n) is 2.56. The van der Waals surface area contributed by atoms with E-state index in [-0.39, 0.29) is 16.5 Å². The lowest BCUT2D eigenvalue weighted by atomic mass is 10.2. The molecule has 0 aliphatic rings. The first-order valence-electron chi connectivity index (χ1n) is 3.76. The van der Waals surface area contributed by atoms with Crippen molar-refractivity contribution in [3.63, 3.8) is 0 Å². The Hall–Kier alpha value is -0.440. The van der Waals surface area contributed by atoms with E-state index in [0.717, 1.165) is 0 Å². The third-order valence-corrected chi connectivity index (χ3v) is 5.19. The summed E-state index contributed by atoms with van der Waals surface area (Å²) in [5.74, 6) is -6.07. The largest absolute Gasteiger partial charge is 0.481 e. The van der Waals surface area contributed by atoms with Gasteiger partial charge in [0.25, 0.3) is 0 Å². The van der Waals surface area contributed by atoms with Gasteiger partial charge in [0.2, 0.25) is 8.87 Å². The first kappa shape index (κ1) is 14.6. The van der Waals surface area contributed by atoms with E-state index >= 15 is 0 Å². The monoisotopic (exact) mass is 266 g/mol. The fourth-order valence-electron chi connectivity index (χ4n) is 0.561. The van der Waals surface area contributed by atoms with Crippen LogP contribution in [0.2, 0.25) is 0 Å². The molecule has 0 saturated heterocycles. The molecule has 0 saturated carbocycles. The molecule has 0 aliphatic heterocycles. The zero-order chi connectivity index (χ0) is 12.3. The molecule has 1 N–H and O–H groups in total. The number of carbonyl (C=O) groups is 1. The smallest absolute Gasteiger partial charge is 0.403 e. The summed E-state index contributed by atoms with van der Waals surface area (Å²) in [6.07, 6.45) is -4.93. The van der Waals surface area contributed by atoms with Crippen LogP contribution in [-0.4, -0.2) is 37.2 Å². The van der Waals surface area contributed by atoms with Crippen molar-refractivity contribution in [2.45, 2.75) is 13.1 Å². The molecule has 0 rings (SSSR count). The second-order valence-corrected chi connectivity index (χ2v) is 7.06. The van der Waals surface area contributed by atoms with Gasteiger partial charge in [0.05, 0.1) is 5.75 Å². The maximum Gasteiger partial charge on any atom is 0.403 e. The highest BCUT2D eigenvalue weighted by Gasteiger charge is 2.45. The summed E-state index contributed by atoms with van der Waals surface area (Å²) in [5, 5.41) is 8.25. The van der Waals surface area contributed by atoms with Crippen LogP contribution in [0.4, 0.5) is 13.2 Å². The molecule has 0 radical (unpaired) electrons. The standard InChI is InChI=1S/C6H9F3O4S2/c1-2-15(12,13)14-3-4(5(10)11)6(7,8)9/h4H,2-3H2,1H3,(H,10,11). The average Bonchev–Trinajstić information content (AvgIpc) is 2.01. The van der Waals surface area contributed by atoms with E-state index < -0.39 is 32.7 Å². The van der Waals surface area contributed by atoms with Gasteiger partial charge in [-0.2, -0.15) is 13.2 Å². The summed E-state index contributed by atoms with van der Waals surface area (Å²) in [7, 11) is -3.64. The number of carboxylic acid groups (broad SMARTS) is 1. The van der Waals surface area contributed by atoms with Gasteiger partial charge in [0.1, 0.15) is 0 Å². The SMILES string of the molecule is CCS(=O)(=O)SCC(C(=O)O)C(F)(F)F. The van der Waals surface area contributed by atoms with Crippen LogP contribution in [0.1, 0.15) is 6.92 Å². The fraction of sp³-hybridized carbons (Fsp3) is 0.833. The minimum absolute atomic E-state index is 0.0134. The van der Waals surface area contributed by atoms with Crippen LogP contribution in [0.25, 0.3) is 0 Å². The molecule has 0 heterocycles. The van der Waals surface area contributed by atoms with Crippen molar-refractivity contribution < 1.29 is 31.5 Å². The maximum atomic E-state index is 12.1. The average molecular weight is 266 g/mol. The van der Waals surface area contributed by atoms with Crippen LogP contribution in [0.15, 0.2) is 0 Å². The number of alkyl halides is 3. The molecule has 9 heteroatoms. The van der Waals surface area contributed by atoms with Crippen LogP contribution >= 0.6 is 10.8 Å². The van der Waals surface area contributed by atoms with Crippen LogP contribution in [0, 0.1) is 5.92 Å². The van der Waals surface area contributed by atoms with E-state index in [1.54, 1.807) is 0 Å². The van der Waals surface area contributed by atoms with E-state index in [4.69, 9.17) is 5.11 Å². The van der Waals surface area contributed by atoms with E-state index in [1.165, 1.54) is 6.92 Å². The van der Waals surface area contributed by atoms with Gasteiger partial charge >= 0.3 is 12.1 Å². The molecule has 0 aromatic rings. The second kappa shape index (κ2) is 5.06. The molecule has 0 aromatic carbocycles. The zero-order valence-electron chi connectivity index (χ0n) is 7.61. The van der Waals surface area contributed by atoms with Crippen LogP contribution in [0.5, 0.6) is 0 Å². The molecule has 90 valence electrons. The number of hydrogen-bond donors (Lipinski definition) is 1. The minimum atomic E-state index is -4.93. The lowest BCUT2D eigenvalue weighted by molar-refractivity contribution is -0.188. The third-order valence-electron chi connectivity index (χ3n) is 1.46. The first-order valence-corrected chi connectivity index (χ1v) is 6.92. The predicted molar refractivity (Wildman–Crippen MR) is 49.1 cm³/mol. The predicted octanol–water partition coefficient (Wildman–Crippen LogP) is 1.33. The van der Waals surface area contributed by atoms with Crippen molar-refractivity contribution in [3.8, 4) is 0 Å². The molecule has 4 nitrogen and oxygen atoms in total. The lowest BCUT2D eigenvalue weighted by Crippen LogP contribution is -2.33. The van der Waals surface area contributed by atoms with Crippen molar-refractivity contribution >= 4 is 25.6 Å². The van der Waals surface area contributed by atoms with E-state index in [0.29, 0.717) is 0 Å². The Morgan fingerprint density at radius 2 is 1.93 bits per heavy atom. The van der Waals surface area contributed by atoms with Gasteiger partial charge in [-0.25, -0.2) is 8.42 Å². The van der Waals surface area contributed by atoms with E-state index in [1.807, 2.05) is 0 Å². The first-order chi connectivity index (χ1) is 6.60. The normalized spacial score (nSPS) is 14.9. The number of hydrogen-bond acceptors (Lipinski definition) is 4. The van der Waals surface area contributed by atoms with Crippen molar-refractivity contribution in [2.75, 3.05) is 11.5 Å². The number of halogens is 3. The van der Waals surface area contributed by atoms with Crippen molar-refractivity contribution in [2.24, 2.45) is 5.92 Å². The van der Waals surface area contributed by atoms with Crippen LogP contribution in [-0.2, 0) is 13.7 Å². The van der Waals surface area contributed by atoms with Crippen molar-refractivity contribution in [1.82, 2.24) is 0 Å². The Morgan fingerprint density at radius 1 is 1.47 bits per heavy atom. The third kappa shape index (κ3) is 5.26. The summed E-state index contributed by atoms with van der Waals surface area (Å²) in [5.41, 5.74) is 0. The Balaban J connectivity index is 4.54. The molecular formula is C6H9F3O4S2. The number of rotatable bonds is 5. The Labute approximate surface area is 88.2 Å². The molecular weight excluding hydrogens is 257 g/mol. The van der Waals surface area contributed by atoms with Crippen molar-refractivity contribution in [1.29, 1.82) is 0 Å². The van der Waals surface area contributed by atoms with E-state index in [9.17, 15) is 26.4 Å². The fourth-order valence-corrected chi connectivity index (χ4v) is 2.93. The quantitative estimate of drug-likeness (QED) is 0.760. The highest BCUT2D eigenvalue weighted by molar-refractivity contribution is 8.72. The zero-order valence-corrected chi connectivity index (χ0v) is 9.25. The number of carboxylic acids is 1. The Bertz CT molecular complexity index is 322. The summed E-state index contributed by atoms with van der Waals surface area (Å²) < 4.78 is 57.9. The van der Waals surface area contributed by atoms with E-state index in [2.05, 4.69) is 0 Å². The molecule has 0 amide bonds.